The van der Waals surface area contributed by atoms with Crippen molar-refractivity contribution < 1.29 is 9.59 Å². The fourth-order valence-electron chi connectivity index (χ4n) is 5.61. The van der Waals surface area contributed by atoms with Crippen molar-refractivity contribution in [2.75, 3.05) is 9.91 Å². The lowest BCUT2D eigenvalue weighted by Crippen LogP contribution is -2.47. The lowest BCUT2D eigenvalue weighted by molar-refractivity contribution is -0.123. The summed E-state index contributed by atoms with van der Waals surface area (Å²) in [5, 5.41) is 10.9. The summed E-state index contributed by atoms with van der Waals surface area (Å²) in [6.45, 7) is 0. The van der Waals surface area contributed by atoms with Gasteiger partial charge in [0.15, 0.2) is 0 Å². The minimum Gasteiger partial charge on any atom is -0.274 e. The lowest BCUT2D eigenvalue weighted by atomic mass is 9.76. The number of fused-ring (bicyclic) bond motifs is 8. The van der Waals surface area contributed by atoms with Crippen LogP contribution in [0.3, 0.4) is 0 Å². The Labute approximate surface area is 169 Å². The number of pyridine rings is 1. The van der Waals surface area contributed by atoms with Crippen molar-refractivity contribution in [2.45, 2.75) is 18.5 Å². The van der Waals surface area contributed by atoms with Gasteiger partial charge in [0.2, 0.25) is 11.8 Å². The van der Waals surface area contributed by atoms with Crippen LogP contribution < -0.4 is 9.91 Å². The number of amides is 2. The number of carbonyl (C=O) groups is 2. The molecule has 0 unspecified atom stereocenters. The van der Waals surface area contributed by atoms with Crippen molar-refractivity contribution in [1.82, 2.24) is 4.98 Å². The third kappa shape index (κ3) is 2.01. The highest BCUT2D eigenvalue weighted by Crippen LogP contribution is 2.60. The van der Waals surface area contributed by atoms with Crippen molar-refractivity contribution in [1.29, 1.82) is 0 Å². The van der Waals surface area contributed by atoms with Gasteiger partial charge < -0.3 is 0 Å². The fourth-order valence-corrected chi connectivity index (χ4v) is 5.88. The molecule has 6 rings (SSSR count). The van der Waals surface area contributed by atoms with Crippen LogP contribution in [0, 0.1) is 23.7 Å². The van der Waals surface area contributed by atoms with E-state index in [1.165, 1.54) is 4.90 Å². The number of halogens is 1. The van der Waals surface area contributed by atoms with Crippen molar-refractivity contribution in [3.8, 4) is 0 Å². The SMILES string of the molecule is O=C1[C@H]2[C@@H]3C[C@@H]([C@@H]2C(=O)N1c1ccccn1)[C@@H]1[C@@H]3N=NN1c1ccc(Br)cc1. The maximum absolute atomic E-state index is 13.2. The van der Waals surface area contributed by atoms with Crippen molar-refractivity contribution in [3.05, 3.63) is 53.1 Å². The molecule has 0 N–H and O–H groups in total. The Morgan fingerprint density at radius 2 is 1.71 bits per heavy atom. The summed E-state index contributed by atoms with van der Waals surface area (Å²) >= 11 is 3.46. The van der Waals surface area contributed by atoms with E-state index >= 15 is 0 Å². The first-order chi connectivity index (χ1) is 13.6. The second kappa shape index (κ2) is 5.70. The molecule has 7 nitrogen and oxygen atoms in total. The number of anilines is 2. The summed E-state index contributed by atoms with van der Waals surface area (Å²) in [6.07, 6.45) is 2.46. The monoisotopic (exact) mass is 437 g/mol. The molecule has 2 amide bonds. The van der Waals surface area contributed by atoms with E-state index in [2.05, 4.69) is 31.3 Å². The molecule has 6 atom stereocenters. The van der Waals surface area contributed by atoms with Crippen LogP contribution in [0.4, 0.5) is 11.5 Å². The minimum absolute atomic E-state index is 0.0321. The number of rotatable bonds is 2. The Balaban J connectivity index is 1.36. The third-order valence-corrected chi connectivity index (χ3v) is 7.15. The van der Waals surface area contributed by atoms with E-state index in [-0.39, 0.29) is 47.6 Å². The molecule has 2 aliphatic carbocycles. The van der Waals surface area contributed by atoms with E-state index in [0.29, 0.717) is 5.82 Å². The van der Waals surface area contributed by atoms with E-state index in [9.17, 15) is 9.59 Å². The topological polar surface area (TPSA) is 78.2 Å². The number of hydrogen-bond donors (Lipinski definition) is 0. The van der Waals surface area contributed by atoms with Gasteiger partial charge in [0, 0.05) is 10.7 Å². The van der Waals surface area contributed by atoms with E-state index in [4.69, 9.17) is 0 Å². The maximum atomic E-state index is 13.2. The van der Waals surface area contributed by atoms with Crippen LogP contribution in [0.5, 0.6) is 0 Å². The Bertz CT molecular complexity index is 1010. The first-order valence-corrected chi connectivity index (χ1v) is 10.2. The van der Waals surface area contributed by atoms with Gasteiger partial charge in [-0.2, -0.15) is 5.11 Å². The van der Waals surface area contributed by atoms with Gasteiger partial charge in [0.05, 0.1) is 29.6 Å². The zero-order valence-electron chi connectivity index (χ0n) is 14.7. The van der Waals surface area contributed by atoms with Crippen molar-refractivity contribution in [2.24, 2.45) is 34.0 Å². The van der Waals surface area contributed by atoms with Gasteiger partial charge in [-0.05, 0) is 54.7 Å². The summed E-state index contributed by atoms with van der Waals surface area (Å²) in [5.41, 5.74) is 0.960. The average Bonchev–Trinajstić information content (AvgIpc) is 3.44. The van der Waals surface area contributed by atoms with Crippen LogP contribution in [0.15, 0.2) is 63.5 Å². The standard InChI is InChI=1S/C20H16BrN5O2/c21-10-4-6-11(7-5-10)26-18-13-9-12(17(18)23-24-26)15-16(13)20(28)25(19(15)27)14-3-1-2-8-22-14/h1-8,12-13,15-18H,9H2/t12-,13-,15-,16-,17+,18+/m0/s1. The molecular weight excluding hydrogens is 422 g/mol. The number of imide groups is 1. The molecule has 0 spiro atoms. The van der Waals surface area contributed by atoms with Crippen LogP contribution in [0.1, 0.15) is 6.42 Å². The van der Waals surface area contributed by atoms with Gasteiger partial charge in [0.25, 0.3) is 0 Å². The molecule has 3 fully saturated rings. The number of aromatic nitrogens is 1. The first kappa shape index (κ1) is 16.4. The number of carbonyl (C=O) groups excluding carboxylic acids is 2. The molecule has 2 aliphatic heterocycles. The van der Waals surface area contributed by atoms with E-state index in [1.54, 1.807) is 24.4 Å². The Morgan fingerprint density at radius 3 is 2.43 bits per heavy atom. The zero-order chi connectivity index (χ0) is 19.0. The molecule has 1 saturated heterocycles. The quantitative estimate of drug-likeness (QED) is 0.675. The second-order valence-electron chi connectivity index (χ2n) is 7.82. The Morgan fingerprint density at radius 1 is 0.964 bits per heavy atom. The van der Waals surface area contributed by atoms with Gasteiger partial charge >= 0.3 is 0 Å². The molecule has 2 aromatic rings. The van der Waals surface area contributed by atoms with Gasteiger partial charge in [-0.3, -0.25) is 9.59 Å². The van der Waals surface area contributed by atoms with Gasteiger partial charge in [0.1, 0.15) is 5.82 Å². The molecule has 2 bridgehead atoms. The molecule has 2 saturated carbocycles. The summed E-state index contributed by atoms with van der Waals surface area (Å²) in [7, 11) is 0. The zero-order valence-corrected chi connectivity index (χ0v) is 16.3. The second-order valence-corrected chi connectivity index (χ2v) is 8.74. The lowest BCUT2D eigenvalue weighted by Gasteiger charge is -2.33. The van der Waals surface area contributed by atoms with Crippen LogP contribution in [0.25, 0.3) is 0 Å². The van der Waals surface area contributed by atoms with Gasteiger partial charge in [-0.25, -0.2) is 14.9 Å². The first-order valence-electron chi connectivity index (χ1n) is 9.39. The largest absolute Gasteiger partial charge is 0.274 e. The third-order valence-electron chi connectivity index (χ3n) is 6.63. The molecule has 0 radical (unpaired) electrons. The summed E-state index contributed by atoms with van der Waals surface area (Å²) in [6, 6.07) is 13.2. The van der Waals surface area contributed by atoms with Crippen molar-refractivity contribution in [3.63, 3.8) is 0 Å². The van der Waals surface area contributed by atoms with Crippen LogP contribution in [-0.4, -0.2) is 28.9 Å². The molecule has 1 aromatic heterocycles. The normalized spacial score (nSPS) is 35.0. The highest BCUT2D eigenvalue weighted by Gasteiger charge is 2.70. The van der Waals surface area contributed by atoms with E-state index in [1.807, 2.05) is 29.3 Å². The molecule has 28 heavy (non-hydrogen) atoms. The van der Waals surface area contributed by atoms with Crippen LogP contribution in [0.2, 0.25) is 0 Å². The molecule has 8 heteroatoms. The maximum Gasteiger partial charge on any atom is 0.239 e. The number of hydrogen-bond acceptors (Lipinski definition) is 6. The predicted molar refractivity (Wildman–Crippen MR) is 104 cm³/mol. The van der Waals surface area contributed by atoms with E-state index < -0.39 is 0 Å². The number of nitrogens with zero attached hydrogens (tertiary/aromatic N) is 5. The summed E-state index contributed by atoms with van der Waals surface area (Å²) in [5.74, 6) is -0.299. The molecule has 140 valence electrons. The number of benzene rings is 1. The summed E-state index contributed by atoms with van der Waals surface area (Å²) in [4.78, 5) is 31.9. The molecular formula is C20H16BrN5O2. The predicted octanol–water partition coefficient (Wildman–Crippen LogP) is 3.22. The van der Waals surface area contributed by atoms with Crippen LogP contribution >= 0.6 is 15.9 Å². The van der Waals surface area contributed by atoms with E-state index in [0.717, 1.165) is 16.6 Å². The van der Waals surface area contributed by atoms with Gasteiger partial charge in [-0.1, -0.05) is 27.2 Å². The Hall–Kier alpha value is -2.61. The Kier molecular flexibility index (Phi) is 3.33. The average molecular weight is 438 g/mol. The van der Waals surface area contributed by atoms with Gasteiger partial charge in [-0.15, -0.1) is 0 Å². The highest BCUT2D eigenvalue weighted by molar-refractivity contribution is 9.10. The molecule has 1 aromatic carbocycles. The van der Waals surface area contributed by atoms with Crippen LogP contribution in [-0.2, 0) is 9.59 Å². The molecule has 4 aliphatic rings. The molecule has 3 heterocycles. The van der Waals surface area contributed by atoms with Crippen molar-refractivity contribution >= 4 is 39.2 Å². The summed E-state index contributed by atoms with van der Waals surface area (Å²) < 4.78 is 1.000. The smallest absolute Gasteiger partial charge is 0.239 e. The minimum atomic E-state index is -0.304. The fraction of sp³-hybridized carbons (Fsp3) is 0.350. The highest BCUT2D eigenvalue weighted by atomic mass is 79.9.